The van der Waals surface area contributed by atoms with Crippen LogP contribution in [0.3, 0.4) is 0 Å². The second-order valence-corrected chi connectivity index (χ2v) is 5.33. The van der Waals surface area contributed by atoms with Gasteiger partial charge in [0.1, 0.15) is 11.0 Å². The molecule has 1 aromatic carbocycles. The number of rotatable bonds is 3. The fraction of sp³-hybridized carbons (Fsp3) is 0.333. The van der Waals surface area contributed by atoms with Crippen molar-refractivity contribution in [2.24, 2.45) is 0 Å². The summed E-state index contributed by atoms with van der Waals surface area (Å²) in [5.41, 5.74) is 6.81. The Morgan fingerprint density at radius 3 is 2.64 bits per heavy atom. The molecule has 1 rings (SSSR count). The fourth-order valence-electron chi connectivity index (χ4n) is 0.841. The van der Waals surface area contributed by atoms with Gasteiger partial charge in [-0.05, 0) is 32.0 Å². The molecule has 0 radical (unpaired) electrons. The van der Waals surface area contributed by atoms with Crippen LogP contribution in [0.15, 0.2) is 18.2 Å². The molecule has 0 bridgehead atoms. The van der Waals surface area contributed by atoms with E-state index in [0.29, 0.717) is 10.7 Å². The van der Waals surface area contributed by atoms with Crippen molar-refractivity contribution >= 4 is 34.0 Å². The van der Waals surface area contributed by atoms with E-state index >= 15 is 0 Å². The summed E-state index contributed by atoms with van der Waals surface area (Å²) in [4.78, 5) is 0. The molecule has 1 atom stereocenters. The highest BCUT2D eigenvalue weighted by Gasteiger charge is 2.05. The molecule has 0 aromatic heterocycles. The lowest BCUT2D eigenvalue weighted by atomic mass is 10.3. The zero-order valence-electron chi connectivity index (χ0n) is 8.08. The van der Waals surface area contributed by atoms with Gasteiger partial charge in [0.15, 0.2) is 0 Å². The molecule has 1 aromatic rings. The third kappa shape index (κ3) is 2.89. The van der Waals surface area contributed by atoms with Crippen LogP contribution >= 0.6 is 11.6 Å². The van der Waals surface area contributed by atoms with Crippen molar-refractivity contribution in [1.82, 2.24) is 0 Å². The predicted molar refractivity (Wildman–Crippen MR) is 62.8 cm³/mol. The largest absolute Gasteiger partial charge is 0.397 e. The number of nitrogens with one attached hydrogen (secondary N) is 1. The molecule has 0 heterocycles. The van der Waals surface area contributed by atoms with Crippen LogP contribution in [-0.2, 0) is 11.0 Å². The van der Waals surface area contributed by atoms with Gasteiger partial charge in [0.25, 0.3) is 0 Å². The summed E-state index contributed by atoms with van der Waals surface area (Å²) < 4.78 is 14.3. The van der Waals surface area contributed by atoms with Crippen molar-refractivity contribution in [3.05, 3.63) is 23.2 Å². The zero-order valence-corrected chi connectivity index (χ0v) is 9.65. The Kier molecular flexibility index (Phi) is 3.77. The standard InChI is InChI=1S/C9H13ClN2OS/c1-6(2)14(13)12-7-3-4-8(10)9(11)5-7/h3-6,12H,11H2,1-2H3. The number of benzene rings is 1. The number of nitrogen functional groups attached to an aromatic ring is 1. The van der Waals surface area contributed by atoms with E-state index in [1.54, 1.807) is 18.2 Å². The smallest absolute Gasteiger partial charge is 0.119 e. The maximum atomic E-state index is 11.4. The van der Waals surface area contributed by atoms with Gasteiger partial charge in [0.05, 0.1) is 10.7 Å². The third-order valence-corrected chi connectivity index (χ3v) is 3.28. The molecular formula is C9H13ClN2OS. The highest BCUT2D eigenvalue weighted by Crippen LogP contribution is 2.22. The normalized spacial score (nSPS) is 12.9. The first-order chi connectivity index (χ1) is 6.50. The summed E-state index contributed by atoms with van der Waals surface area (Å²) in [6.07, 6.45) is 0. The number of halogens is 1. The first-order valence-electron chi connectivity index (χ1n) is 4.23. The minimum absolute atomic E-state index is 0.0619. The summed E-state index contributed by atoms with van der Waals surface area (Å²) in [6.45, 7) is 3.75. The van der Waals surface area contributed by atoms with Gasteiger partial charge in [-0.3, -0.25) is 0 Å². The van der Waals surface area contributed by atoms with E-state index in [-0.39, 0.29) is 5.25 Å². The molecule has 3 nitrogen and oxygen atoms in total. The van der Waals surface area contributed by atoms with E-state index in [9.17, 15) is 4.21 Å². The van der Waals surface area contributed by atoms with Gasteiger partial charge in [0, 0.05) is 10.9 Å². The van der Waals surface area contributed by atoms with Crippen LogP contribution in [0, 0.1) is 0 Å². The molecule has 14 heavy (non-hydrogen) atoms. The Hall–Kier alpha value is -0.740. The van der Waals surface area contributed by atoms with Gasteiger partial charge in [0.2, 0.25) is 0 Å². The lowest BCUT2D eigenvalue weighted by Gasteiger charge is -2.09. The van der Waals surface area contributed by atoms with E-state index < -0.39 is 11.0 Å². The summed E-state index contributed by atoms with van der Waals surface area (Å²) in [6, 6.07) is 5.10. The van der Waals surface area contributed by atoms with Crippen molar-refractivity contribution in [3.8, 4) is 0 Å². The van der Waals surface area contributed by atoms with Crippen molar-refractivity contribution in [3.63, 3.8) is 0 Å². The van der Waals surface area contributed by atoms with Crippen molar-refractivity contribution in [2.45, 2.75) is 19.1 Å². The van der Waals surface area contributed by atoms with Gasteiger partial charge in [-0.25, -0.2) is 4.21 Å². The van der Waals surface area contributed by atoms with Gasteiger partial charge >= 0.3 is 0 Å². The second-order valence-electron chi connectivity index (χ2n) is 3.18. The van der Waals surface area contributed by atoms with Crippen LogP contribution in [-0.4, -0.2) is 9.46 Å². The molecular weight excluding hydrogens is 220 g/mol. The molecule has 0 saturated heterocycles. The monoisotopic (exact) mass is 232 g/mol. The molecule has 0 aliphatic heterocycles. The van der Waals surface area contributed by atoms with Gasteiger partial charge in [-0.2, -0.15) is 0 Å². The first-order valence-corrected chi connectivity index (χ1v) is 5.82. The highest BCUT2D eigenvalue weighted by molar-refractivity contribution is 7.86. The summed E-state index contributed by atoms with van der Waals surface area (Å²) in [7, 11) is -1.09. The minimum atomic E-state index is -1.09. The molecule has 3 N–H and O–H groups in total. The molecule has 0 amide bonds. The third-order valence-electron chi connectivity index (χ3n) is 1.64. The number of hydrogen-bond donors (Lipinski definition) is 2. The Bertz CT molecular complexity index is 355. The second kappa shape index (κ2) is 4.66. The Balaban J connectivity index is 2.78. The van der Waals surface area contributed by atoms with Gasteiger partial charge in [-0.15, -0.1) is 0 Å². The van der Waals surface area contributed by atoms with Gasteiger partial charge < -0.3 is 10.5 Å². The lowest BCUT2D eigenvalue weighted by molar-refractivity contribution is 0.680. The van der Waals surface area contributed by atoms with Crippen LogP contribution in [0.1, 0.15) is 13.8 Å². The molecule has 1 unspecified atom stereocenters. The van der Waals surface area contributed by atoms with Crippen LogP contribution in [0.5, 0.6) is 0 Å². The SMILES string of the molecule is CC(C)S(=O)Nc1ccc(Cl)c(N)c1. The summed E-state index contributed by atoms with van der Waals surface area (Å²) in [5, 5.41) is 0.567. The van der Waals surface area contributed by atoms with E-state index in [1.165, 1.54) is 0 Å². The molecule has 0 spiro atoms. The van der Waals surface area contributed by atoms with Crippen LogP contribution in [0.4, 0.5) is 11.4 Å². The molecule has 78 valence electrons. The van der Waals surface area contributed by atoms with E-state index in [2.05, 4.69) is 4.72 Å². The van der Waals surface area contributed by atoms with Crippen LogP contribution in [0.2, 0.25) is 5.02 Å². The summed E-state index contributed by atoms with van der Waals surface area (Å²) in [5.74, 6) is 0. The number of nitrogens with two attached hydrogens (primary N) is 1. The molecule has 0 aliphatic rings. The van der Waals surface area contributed by atoms with Crippen molar-refractivity contribution < 1.29 is 4.21 Å². The maximum absolute atomic E-state index is 11.4. The first kappa shape index (κ1) is 11.3. The van der Waals surface area contributed by atoms with E-state index in [1.807, 2.05) is 13.8 Å². The molecule has 0 aliphatic carbocycles. The average molecular weight is 233 g/mol. The minimum Gasteiger partial charge on any atom is -0.397 e. The van der Waals surface area contributed by atoms with E-state index in [0.717, 1.165) is 5.69 Å². The van der Waals surface area contributed by atoms with Gasteiger partial charge in [-0.1, -0.05) is 11.6 Å². The van der Waals surface area contributed by atoms with Crippen LogP contribution < -0.4 is 10.5 Å². The maximum Gasteiger partial charge on any atom is 0.119 e. The Morgan fingerprint density at radius 2 is 2.14 bits per heavy atom. The number of anilines is 2. The van der Waals surface area contributed by atoms with Crippen molar-refractivity contribution in [1.29, 1.82) is 0 Å². The van der Waals surface area contributed by atoms with E-state index in [4.69, 9.17) is 17.3 Å². The average Bonchev–Trinajstić information content (AvgIpc) is 2.11. The molecule has 0 saturated carbocycles. The highest BCUT2D eigenvalue weighted by atomic mass is 35.5. The van der Waals surface area contributed by atoms with Crippen molar-refractivity contribution in [2.75, 3.05) is 10.5 Å². The fourth-order valence-corrected chi connectivity index (χ4v) is 1.55. The topological polar surface area (TPSA) is 55.1 Å². The zero-order chi connectivity index (χ0) is 10.7. The summed E-state index contributed by atoms with van der Waals surface area (Å²) >= 11 is 5.75. The molecule has 5 heteroatoms. The quantitative estimate of drug-likeness (QED) is 0.787. The van der Waals surface area contributed by atoms with Crippen LogP contribution in [0.25, 0.3) is 0 Å². The Labute approximate surface area is 91.2 Å². The number of hydrogen-bond acceptors (Lipinski definition) is 2. The Morgan fingerprint density at radius 1 is 1.50 bits per heavy atom. The molecule has 0 fully saturated rings. The predicted octanol–water partition coefficient (Wildman–Crippen LogP) is 2.41. The lowest BCUT2D eigenvalue weighted by Crippen LogP contribution is -2.14.